The SMILES string of the molecule is CCn1ccnc1C1CCCCN1C(=O)CN1CCOCC1. The van der Waals surface area contributed by atoms with Gasteiger partial charge in [-0.2, -0.15) is 0 Å². The van der Waals surface area contributed by atoms with Crippen molar-refractivity contribution in [3.05, 3.63) is 18.2 Å². The van der Waals surface area contributed by atoms with E-state index in [0.29, 0.717) is 6.54 Å². The number of ether oxygens (including phenoxy) is 1. The molecule has 122 valence electrons. The van der Waals surface area contributed by atoms with Gasteiger partial charge in [0.1, 0.15) is 5.82 Å². The Kier molecular flexibility index (Phi) is 5.10. The van der Waals surface area contributed by atoms with Gasteiger partial charge < -0.3 is 14.2 Å². The van der Waals surface area contributed by atoms with E-state index in [1.807, 2.05) is 17.3 Å². The third kappa shape index (κ3) is 3.33. The van der Waals surface area contributed by atoms with E-state index in [0.717, 1.165) is 58.1 Å². The number of carbonyl (C=O) groups excluding carboxylic acids is 1. The monoisotopic (exact) mass is 306 g/mol. The molecular weight excluding hydrogens is 280 g/mol. The van der Waals surface area contributed by atoms with E-state index in [9.17, 15) is 4.79 Å². The van der Waals surface area contributed by atoms with Crippen LogP contribution >= 0.6 is 0 Å². The van der Waals surface area contributed by atoms with E-state index in [-0.39, 0.29) is 11.9 Å². The number of hydrogen-bond donors (Lipinski definition) is 0. The largest absolute Gasteiger partial charge is 0.379 e. The molecule has 0 spiro atoms. The second kappa shape index (κ2) is 7.24. The number of aromatic nitrogens is 2. The molecule has 0 saturated carbocycles. The van der Waals surface area contributed by atoms with Crippen molar-refractivity contribution in [3.8, 4) is 0 Å². The lowest BCUT2D eigenvalue weighted by Crippen LogP contribution is -2.47. The van der Waals surface area contributed by atoms with Crippen LogP contribution in [0.3, 0.4) is 0 Å². The fourth-order valence-electron chi connectivity index (χ4n) is 3.43. The topological polar surface area (TPSA) is 50.6 Å². The highest BCUT2D eigenvalue weighted by molar-refractivity contribution is 5.78. The average molecular weight is 306 g/mol. The van der Waals surface area contributed by atoms with Gasteiger partial charge >= 0.3 is 0 Å². The predicted molar refractivity (Wildman–Crippen MR) is 83.5 cm³/mol. The Balaban J connectivity index is 1.70. The maximum absolute atomic E-state index is 12.8. The van der Waals surface area contributed by atoms with Gasteiger partial charge in [-0.3, -0.25) is 9.69 Å². The fraction of sp³-hybridized carbons (Fsp3) is 0.750. The van der Waals surface area contributed by atoms with Crippen LogP contribution in [-0.4, -0.2) is 64.7 Å². The molecular formula is C16H26N4O2. The second-order valence-electron chi connectivity index (χ2n) is 6.06. The third-order valence-corrected chi connectivity index (χ3v) is 4.67. The lowest BCUT2D eigenvalue weighted by molar-refractivity contribution is -0.137. The van der Waals surface area contributed by atoms with Crippen molar-refractivity contribution in [2.24, 2.45) is 0 Å². The van der Waals surface area contributed by atoms with E-state index in [4.69, 9.17) is 4.74 Å². The van der Waals surface area contributed by atoms with Crippen LogP contribution in [0.2, 0.25) is 0 Å². The number of likely N-dealkylation sites (tertiary alicyclic amines) is 1. The molecule has 6 heteroatoms. The van der Waals surface area contributed by atoms with Crippen LogP contribution in [0.25, 0.3) is 0 Å². The minimum Gasteiger partial charge on any atom is -0.379 e. The van der Waals surface area contributed by atoms with Crippen LogP contribution in [0, 0.1) is 0 Å². The van der Waals surface area contributed by atoms with Gasteiger partial charge in [0.2, 0.25) is 5.91 Å². The van der Waals surface area contributed by atoms with Crippen molar-refractivity contribution in [1.82, 2.24) is 19.4 Å². The lowest BCUT2D eigenvalue weighted by Gasteiger charge is -2.37. The van der Waals surface area contributed by atoms with Gasteiger partial charge in [-0.05, 0) is 26.2 Å². The molecule has 2 saturated heterocycles. The summed E-state index contributed by atoms with van der Waals surface area (Å²) in [6, 6.07) is 0.136. The standard InChI is InChI=1S/C16H26N4O2/c1-2-19-8-6-17-16(19)14-5-3-4-7-20(14)15(21)13-18-9-11-22-12-10-18/h6,8,14H,2-5,7,9-13H2,1H3. The summed E-state index contributed by atoms with van der Waals surface area (Å²) in [7, 11) is 0. The minimum atomic E-state index is 0.136. The van der Waals surface area contributed by atoms with Gasteiger partial charge in [-0.25, -0.2) is 4.98 Å². The highest BCUT2D eigenvalue weighted by Crippen LogP contribution is 2.30. The molecule has 2 fully saturated rings. The van der Waals surface area contributed by atoms with Gasteiger partial charge in [0.05, 0.1) is 25.8 Å². The van der Waals surface area contributed by atoms with E-state index in [2.05, 4.69) is 21.4 Å². The summed E-state index contributed by atoms with van der Waals surface area (Å²) in [4.78, 5) is 21.6. The number of hydrogen-bond acceptors (Lipinski definition) is 4. The molecule has 1 atom stereocenters. The third-order valence-electron chi connectivity index (χ3n) is 4.67. The minimum absolute atomic E-state index is 0.136. The summed E-state index contributed by atoms with van der Waals surface area (Å²) < 4.78 is 7.51. The van der Waals surface area contributed by atoms with Gasteiger partial charge in [-0.15, -0.1) is 0 Å². The zero-order chi connectivity index (χ0) is 15.4. The van der Waals surface area contributed by atoms with E-state index < -0.39 is 0 Å². The summed E-state index contributed by atoms with van der Waals surface area (Å²) in [6.07, 6.45) is 7.14. The van der Waals surface area contributed by atoms with Crippen LogP contribution in [0.15, 0.2) is 12.4 Å². The van der Waals surface area contributed by atoms with Gasteiger partial charge in [0.25, 0.3) is 0 Å². The van der Waals surface area contributed by atoms with Gasteiger partial charge in [-0.1, -0.05) is 0 Å². The van der Waals surface area contributed by atoms with Gasteiger partial charge in [0.15, 0.2) is 0 Å². The normalized spacial score (nSPS) is 23.7. The number of aryl methyl sites for hydroxylation is 1. The van der Waals surface area contributed by atoms with Crippen molar-refractivity contribution in [2.75, 3.05) is 39.4 Å². The van der Waals surface area contributed by atoms with Crippen LogP contribution in [-0.2, 0) is 16.1 Å². The summed E-state index contributed by atoms with van der Waals surface area (Å²) in [5.41, 5.74) is 0. The number of rotatable bonds is 4. The zero-order valence-electron chi connectivity index (χ0n) is 13.4. The van der Waals surface area contributed by atoms with Crippen molar-refractivity contribution in [2.45, 2.75) is 38.8 Å². The Morgan fingerprint density at radius 2 is 2.14 bits per heavy atom. The Morgan fingerprint density at radius 1 is 1.32 bits per heavy atom. The maximum Gasteiger partial charge on any atom is 0.237 e. The molecule has 0 aromatic carbocycles. The zero-order valence-corrected chi connectivity index (χ0v) is 13.4. The van der Waals surface area contributed by atoms with Crippen LogP contribution < -0.4 is 0 Å². The predicted octanol–water partition coefficient (Wildman–Crippen LogP) is 1.29. The molecule has 0 aliphatic carbocycles. The van der Waals surface area contributed by atoms with Crippen LogP contribution in [0.4, 0.5) is 0 Å². The molecule has 1 aromatic rings. The Hall–Kier alpha value is -1.40. The van der Waals surface area contributed by atoms with Crippen LogP contribution in [0.1, 0.15) is 38.1 Å². The number of piperidine rings is 1. The van der Waals surface area contributed by atoms with E-state index >= 15 is 0 Å². The summed E-state index contributed by atoms with van der Waals surface area (Å²) in [5.74, 6) is 1.27. The molecule has 0 bridgehead atoms. The van der Waals surface area contributed by atoms with Crippen molar-refractivity contribution < 1.29 is 9.53 Å². The molecule has 1 unspecified atom stereocenters. The first-order chi connectivity index (χ1) is 10.8. The number of imidazole rings is 1. The first-order valence-corrected chi connectivity index (χ1v) is 8.40. The fourth-order valence-corrected chi connectivity index (χ4v) is 3.43. The Labute approximate surface area is 132 Å². The molecule has 2 aliphatic heterocycles. The number of morpholine rings is 1. The maximum atomic E-state index is 12.8. The van der Waals surface area contributed by atoms with E-state index in [1.165, 1.54) is 6.42 Å². The second-order valence-corrected chi connectivity index (χ2v) is 6.06. The molecule has 3 heterocycles. The first kappa shape index (κ1) is 15.5. The molecule has 2 aliphatic rings. The van der Waals surface area contributed by atoms with Crippen molar-refractivity contribution in [3.63, 3.8) is 0 Å². The summed E-state index contributed by atoms with van der Waals surface area (Å²) in [5, 5.41) is 0. The lowest BCUT2D eigenvalue weighted by atomic mass is 10.0. The molecule has 0 radical (unpaired) electrons. The number of nitrogens with zero attached hydrogens (tertiary/aromatic N) is 4. The van der Waals surface area contributed by atoms with Crippen molar-refractivity contribution in [1.29, 1.82) is 0 Å². The Bertz CT molecular complexity index is 496. The molecule has 1 amide bonds. The van der Waals surface area contributed by atoms with Crippen molar-refractivity contribution >= 4 is 5.91 Å². The Morgan fingerprint density at radius 3 is 2.91 bits per heavy atom. The average Bonchev–Trinajstić information content (AvgIpc) is 3.04. The summed E-state index contributed by atoms with van der Waals surface area (Å²) >= 11 is 0. The molecule has 3 rings (SSSR count). The van der Waals surface area contributed by atoms with Gasteiger partial charge in [0, 0.05) is 38.6 Å². The molecule has 22 heavy (non-hydrogen) atoms. The van der Waals surface area contributed by atoms with Crippen LogP contribution in [0.5, 0.6) is 0 Å². The van der Waals surface area contributed by atoms with E-state index in [1.54, 1.807) is 0 Å². The molecule has 6 nitrogen and oxygen atoms in total. The highest BCUT2D eigenvalue weighted by atomic mass is 16.5. The number of carbonyl (C=O) groups is 1. The molecule has 0 N–H and O–H groups in total. The smallest absolute Gasteiger partial charge is 0.237 e. The quantitative estimate of drug-likeness (QED) is 0.841. The first-order valence-electron chi connectivity index (χ1n) is 8.40. The molecule has 1 aromatic heterocycles. The highest BCUT2D eigenvalue weighted by Gasteiger charge is 2.31. The number of amides is 1. The summed E-state index contributed by atoms with van der Waals surface area (Å²) in [6.45, 7) is 7.55.